The molecule has 0 aromatic carbocycles. The maximum absolute atomic E-state index is 5.30. The van der Waals surface area contributed by atoms with Crippen LogP contribution in [0.15, 0.2) is 22.8 Å². The summed E-state index contributed by atoms with van der Waals surface area (Å²) in [7, 11) is 0. The molecule has 2 rings (SSSR count). The molecule has 0 aliphatic rings. The van der Waals surface area contributed by atoms with Crippen molar-refractivity contribution in [3.05, 3.63) is 32.6 Å². The average Bonchev–Trinajstić information content (AvgIpc) is 2.79. The van der Waals surface area contributed by atoms with Crippen LogP contribution < -0.4 is 16.6 Å². The van der Waals surface area contributed by atoms with Gasteiger partial charge in [-0.05, 0) is 41.9 Å². The standard InChI is InChI=1S/C11H14BrN5S/c1-6-3-4-9(18-6)7(2)15-10-8(12)5-14-11(16-10)17-13/h3-5,7H,13H2,1-2H3,(H2,14,15,16,17). The zero-order valence-electron chi connectivity index (χ0n) is 10.1. The van der Waals surface area contributed by atoms with Gasteiger partial charge in [0.2, 0.25) is 5.95 Å². The summed E-state index contributed by atoms with van der Waals surface area (Å²) in [5.74, 6) is 6.40. The van der Waals surface area contributed by atoms with Gasteiger partial charge in [0, 0.05) is 16.0 Å². The van der Waals surface area contributed by atoms with Gasteiger partial charge in [0.05, 0.1) is 10.5 Å². The largest absolute Gasteiger partial charge is 0.362 e. The molecule has 0 amide bonds. The number of hydrogen-bond acceptors (Lipinski definition) is 6. The van der Waals surface area contributed by atoms with Crippen molar-refractivity contribution in [3.63, 3.8) is 0 Å². The highest BCUT2D eigenvalue weighted by Crippen LogP contribution is 2.28. The van der Waals surface area contributed by atoms with Gasteiger partial charge in [-0.25, -0.2) is 10.8 Å². The van der Waals surface area contributed by atoms with Crippen molar-refractivity contribution in [2.75, 3.05) is 10.7 Å². The number of aryl methyl sites for hydroxylation is 1. The summed E-state index contributed by atoms with van der Waals surface area (Å²) in [4.78, 5) is 10.8. The van der Waals surface area contributed by atoms with E-state index in [4.69, 9.17) is 5.84 Å². The van der Waals surface area contributed by atoms with Gasteiger partial charge in [-0.2, -0.15) is 4.98 Å². The smallest absolute Gasteiger partial charge is 0.239 e. The summed E-state index contributed by atoms with van der Waals surface area (Å²) in [6.45, 7) is 4.19. The Bertz CT molecular complexity index is 542. The number of hydrogen-bond donors (Lipinski definition) is 3. The van der Waals surface area contributed by atoms with Crippen LogP contribution in [0.5, 0.6) is 0 Å². The van der Waals surface area contributed by atoms with Crippen LogP contribution in [0.2, 0.25) is 0 Å². The Kier molecular flexibility index (Phi) is 4.15. The molecule has 0 saturated carbocycles. The number of nitrogen functional groups attached to an aromatic ring is 1. The molecule has 0 saturated heterocycles. The fourth-order valence-corrected chi connectivity index (χ4v) is 2.69. The lowest BCUT2D eigenvalue weighted by Crippen LogP contribution is -2.13. The van der Waals surface area contributed by atoms with E-state index in [0.29, 0.717) is 5.95 Å². The predicted octanol–water partition coefficient (Wildman–Crippen LogP) is 3.07. The number of thiophene rings is 1. The summed E-state index contributed by atoms with van der Waals surface area (Å²) in [5.41, 5.74) is 2.43. The monoisotopic (exact) mass is 327 g/mol. The molecule has 0 spiro atoms. The first-order valence-corrected chi connectivity index (χ1v) is 7.03. The first-order chi connectivity index (χ1) is 8.60. The average molecular weight is 328 g/mol. The Morgan fingerprint density at radius 1 is 1.44 bits per heavy atom. The van der Waals surface area contributed by atoms with Gasteiger partial charge in [0.15, 0.2) is 0 Å². The molecule has 2 aromatic rings. The van der Waals surface area contributed by atoms with Crippen LogP contribution in [0.1, 0.15) is 22.7 Å². The number of aromatic nitrogens is 2. The van der Waals surface area contributed by atoms with Gasteiger partial charge in [-0.15, -0.1) is 11.3 Å². The number of nitrogens with two attached hydrogens (primary N) is 1. The molecule has 0 aliphatic carbocycles. The van der Waals surface area contributed by atoms with E-state index in [1.54, 1.807) is 17.5 Å². The first kappa shape index (κ1) is 13.3. The lowest BCUT2D eigenvalue weighted by atomic mass is 10.2. The number of hydrazine groups is 1. The van der Waals surface area contributed by atoms with Crippen molar-refractivity contribution in [2.45, 2.75) is 19.9 Å². The minimum atomic E-state index is 0.181. The lowest BCUT2D eigenvalue weighted by molar-refractivity contribution is 0.890. The topological polar surface area (TPSA) is 75.9 Å². The molecular weight excluding hydrogens is 314 g/mol. The molecule has 0 fully saturated rings. The number of nitrogens with zero attached hydrogens (tertiary/aromatic N) is 2. The van der Waals surface area contributed by atoms with Crippen molar-refractivity contribution in [1.82, 2.24) is 9.97 Å². The van der Waals surface area contributed by atoms with Crippen molar-refractivity contribution >= 4 is 39.0 Å². The van der Waals surface area contributed by atoms with E-state index in [0.717, 1.165) is 10.3 Å². The second-order valence-corrected chi connectivity index (χ2v) is 6.02. The highest BCUT2D eigenvalue weighted by molar-refractivity contribution is 9.10. The van der Waals surface area contributed by atoms with Crippen molar-refractivity contribution < 1.29 is 0 Å². The van der Waals surface area contributed by atoms with E-state index in [-0.39, 0.29) is 6.04 Å². The Labute approximate surface area is 118 Å². The van der Waals surface area contributed by atoms with Crippen LogP contribution in [0.4, 0.5) is 11.8 Å². The molecule has 4 N–H and O–H groups in total. The van der Waals surface area contributed by atoms with E-state index < -0.39 is 0 Å². The van der Waals surface area contributed by atoms with Gasteiger partial charge >= 0.3 is 0 Å². The summed E-state index contributed by atoms with van der Waals surface area (Å²) >= 11 is 5.18. The lowest BCUT2D eigenvalue weighted by Gasteiger charge is -2.14. The number of rotatable bonds is 4. The van der Waals surface area contributed by atoms with Crippen molar-refractivity contribution in [2.24, 2.45) is 5.84 Å². The predicted molar refractivity (Wildman–Crippen MR) is 78.6 cm³/mol. The summed E-state index contributed by atoms with van der Waals surface area (Å²) in [6, 6.07) is 4.41. The van der Waals surface area contributed by atoms with E-state index >= 15 is 0 Å². The fourth-order valence-electron chi connectivity index (χ4n) is 1.50. The maximum atomic E-state index is 5.30. The van der Waals surface area contributed by atoms with E-state index in [1.165, 1.54) is 9.75 Å². The highest BCUT2D eigenvalue weighted by Gasteiger charge is 2.11. The highest BCUT2D eigenvalue weighted by atomic mass is 79.9. The number of anilines is 2. The normalized spacial score (nSPS) is 12.2. The summed E-state index contributed by atoms with van der Waals surface area (Å²) in [5, 5.41) is 3.33. The van der Waals surface area contributed by atoms with E-state index in [2.05, 4.69) is 62.6 Å². The van der Waals surface area contributed by atoms with Crippen LogP contribution in [-0.4, -0.2) is 9.97 Å². The molecule has 18 heavy (non-hydrogen) atoms. The van der Waals surface area contributed by atoms with E-state index in [1.807, 2.05) is 0 Å². The van der Waals surface area contributed by atoms with Crippen LogP contribution in [0.25, 0.3) is 0 Å². The van der Waals surface area contributed by atoms with Crippen LogP contribution >= 0.6 is 27.3 Å². The molecule has 1 unspecified atom stereocenters. The molecule has 7 heteroatoms. The SMILES string of the molecule is Cc1ccc(C(C)Nc2nc(NN)ncc2Br)s1. The van der Waals surface area contributed by atoms with Crippen LogP contribution in [-0.2, 0) is 0 Å². The minimum Gasteiger partial charge on any atom is -0.362 e. The quantitative estimate of drug-likeness (QED) is 0.594. The number of nitrogens with one attached hydrogen (secondary N) is 2. The zero-order chi connectivity index (χ0) is 13.1. The first-order valence-electron chi connectivity index (χ1n) is 5.42. The Hall–Kier alpha value is -1.18. The molecule has 5 nitrogen and oxygen atoms in total. The molecule has 0 bridgehead atoms. The maximum Gasteiger partial charge on any atom is 0.239 e. The second-order valence-electron chi connectivity index (χ2n) is 3.85. The zero-order valence-corrected chi connectivity index (χ0v) is 12.5. The van der Waals surface area contributed by atoms with Gasteiger partial charge < -0.3 is 5.32 Å². The van der Waals surface area contributed by atoms with Crippen molar-refractivity contribution in [1.29, 1.82) is 0 Å². The molecule has 0 aliphatic heterocycles. The molecular formula is C11H14BrN5S. The second kappa shape index (κ2) is 5.64. The Balaban J connectivity index is 2.18. The van der Waals surface area contributed by atoms with E-state index in [9.17, 15) is 0 Å². The van der Waals surface area contributed by atoms with Crippen LogP contribution in [0, 0.1) is 6.92 Å². The third kappa shape index (κ3) is 2.98. The van der Waals surface area contributed by atoms with Gasteiger partial charge in [-0.3, -0.25) is 5.43 Å². The van der Waals surface area contributed by atoms with Gasteiger partial charge in [-0.1, -0.05) is 0 Å². The van der Waals surface area contributed by atoms with Crippen molar-refractivity contribution in [3.8, 4) is 0 Å². The Morgan fingerprint density at radius 3 is 2.83 bits per heavy atom. The Morgan fingerprint density at radius 2 is 2.22 bits per heavy atom. The van der Waals surface area contributed by atoms with Gasteiger partial charge in [0.25, 0.3) is 0 Å². The third-order valence-electron chi connectivity index (χ3n) is 2.41. The van der Waals surface area contributed by atoms with Gasteiger partial charge in [0.1, 0.15) is 5.82 Å². The fraction of sp³-hybridized carbons (Fsp3) is 0.273. The van der Waals surface area contributed by atoms with Crippen LogP contribution in [0.3, 0.4) is 0 Å². The summed E-state index contributed by atoms with van der Waals surface area (Å²) < 4.78 is 0.807. The molecule has 0 radical (unpaired) electrons. The molecule has 96 valence electrons. The number of halogens is 1. The summed E-state index contributed by atoms with van der Waals surface area (Å²) in [6.07, 6.45) is 1.66. The molecule has 1 atom stereocenters. The molecule has 2 heterocycles. The molecule has 2 aromatic heterocycles. The third-order valence-corrected chi connectivity index (χ3v) is 4.18. The minimum absolute atomic E-state index is 0.181.